The number of nitrogens with one attached hydrogen (secondary N) is 3. The lowest BCUT2D eigenvalue weighted by Crippen LogP contribution is -2.49. The minimum absolute atomic E-state index is 0.287. The van der Waals surface area contributed by atoms with E-state index in [1.165, 1.54) is 0 Å². The summed E-state index contributed by atoms with van der Waals surface area (Å²) in [7, 11) is -3.29. The molecule has 144 valence electrons. The van der Waals surface area contributed by atoms with Crippen molar-refractivity contribution in [3.05, 3.63) is 0 Å². The summed E-state index contributed by atoms with van der Waals surface area (Å²) in [5.41, 5.74) is -1.43. The summed E-state index contributed by atoms with van der Waals surface area (Å²) < 4.78 is 25.4. The number of guanidine groups is 1. The van der Waals surface area contributed by atoms with Crippen LogP contribution in [0.1, 0.15) is 60.3 Å². The molecule has 0 rings (SSSR count). The highest BCUT2D eigenvalue weighted by atomic mass is 32.2. The van der Waals surface area contributed by atoms with Gasteiger partial charge in [0.25, 0.3) is 0 Å². The van der Waals surface area contributed by atoms with Crippen LogP contribution in [0.4, 0.5) is 0 Å². The molecule has 0 spiro atoms. The van der Waals surface area contributed by atoms with Crippen molar-refractivity contribution < 1.29 is 13.5 Å². The Hall–Kier alpha value is -0.860. The van der Waals surface area contributed by atoms with Gasteiger partial charge in [-0.3, -0.25) is 4.99 Å². The highest BCUT2D eigenvalue weighted by Crippen LogP contribution is 2.18. The smallest absolute Gasteiger partial charge is 0.209 e. The van der Waals surface area contributed by atoms with Crippen LogP contribution >= 0.6 is 0 Å². The third-order valence-electron chi connectivity index (χ3n) is 3.45. The third-order valence-corrected chi connectivity index (χ3v) is 4.38. The van der Waals surface area contributed by atoms with Gasteiger partial charge in [-0.05, 0) is 33.6 Å². The van der Waals surface area contributed by atoms with Gasteiger partial charge in [-0.15, -0.1) is 0 Å². The first-order valence-electron chi connectivity index (χ1n) is 8.70. The lowest BCUT2D eigenvalue weighted by molar-refractivity contribution is 0.0257. The van der Waals surface area contributed by atoms with Crippen LogP contribution < -0.4 is 15.4 Å². The Bertz CT molecular complexity index is 484. The van der Waals surface area contributed by atoms with Crippen LogP contribution in [-0.2, 0) is 10.0 Å². The summed E-state index contributed by atoms with van der Waals surface area (Å²) in [5.74, 6) is 0.575. The van der Waals surface area contributed by atoms with Gasteiger partial charge in [-0.1, -0.05) is 26.7 Å². The van der Waals surface area contributed by atoms with Crippen LogP contribution in [0.15, 0.2) is 4.99 Å². The molecule has 0 fully saturated rings. The molecule has 7 nitrogen and oxygen atoms in total. The van der Waals surface area contributed by atoms with Crippen LogP contribution in [0, 0.1) is 0 Å². The molecule has 0 unspecified atom stereocenters. The molecular formula is C16H36N4O3S. The van der Waals surface area contributed by atoms with Gasteiger partial charge < -0.3 is 15.7 Å². The summed E-state index contributed by atoms with van der Waals surface area (Å²) in [6.45, 7) is 11.0. The van der Waals surface area contributed by atoms with E-state index in [9.17, 15) is 13.5 Å². The van der Waals surface area contributed by atoms with E-state index >= 15 is 0 Å². The predicted octanol–water partition coefficient (Wildman–Crippen LogP) is 1.20. The summed E-state index contributed by atoms with van der Waals surface area (Å²) >= 11 is 0. The highest BCUT2D eigenvalue weighted by Gasteiger charge is 2.25. The Balaban J connectivity index is 4.89. The second-order valence-electron chi connectivity index (χ2n) is 7.03. The molecule has 0 bridgehead atoms. The Kier molecular flexibility index (Phi) is 9.84. The van der Waals surface area contributed by atoms with Crippen LogP contribution in [0.2, 0.25) is 0 Å². The van der Waals surface area contributed by atoms with E-state index in [4.69, 9.17) is 0 Å². The van der Waals surface area contributed by atoms with Crippen molar-refractivity contribution in [2.75, 3.05) is 25.9 Å². The fourth-order valence-electron chi connectivity index (χ4n) is 2.63. The van der Waals surface area contributed by atoms with Gasteiger partial charge in [0.15, 0.2) is 5.96 Å². The van der Waals surface area contributed by atoms with E-state index in [-0.39, 0.29) is 6.54 Å². The van der Waals surface area contributed by atoms with Crippen molar-refractivity contribution in [2.24, 2.45) is 4.99 Å². The molecule has 0 aromatic heterocycles. The summed E-state index contributed by atoms with van der Waals surface area (Å²) in [6.07, 6.45) is 4.43. The van der Waals surface area contributed by atoms with Crippen molar-refractivity contribution >= 4 is 16.0 Å². The summed E-state index contributed by atoms with van der Waals surface area (Å²) in [4.78, 5) is 4.45. The van der Waals surface area contributed by atoms with Gasteiger partial charge in [0.2, 0.25) is 10.0 Å². The maximum atomic E-state index is 11.4. The van der Waals surface area contributed by atoms with Crippen LogP contribution in [0.5, 0.6) is 0 Å². The number of aliphatic imine (C=N–C) groups is 1. The van der Waals surface area contributed by atoms with Crippen molar-refractivity contribution in [1.82, 2.24) is 15.4 Å². The molecule has 0 saturated carbocycles. The Morgan fingerprint density at radius 3 is 2.04 bits per heavy atom. The van der Waals surface area contributed by atoms with Gasteiger partial charge in [-0.2, -0.15) is 0 Å². The number of sulfonamides is 1. The maximum Gasteiger partial charge on any atom is 0.209 e. The van der Waals surface area contributed by atoms with Crippen molar-refractivity contribution in [2.45, 2.75) is 71.4 Å². The maximum absolute atomic E-state index is 11.4. The standard InChI is InChI=1S/C16H36N4O3S/c1-7-10-16(21,11-8-2)13-19-14(17-9-3)18-12-15(4,5)20-24(6,22)23/h20-21H,7-13H2,1-6H3,(H2,17,18,19). The van der Waals surface area contributed by atoms with E-state index in [1.807, 2.05) is 6.92 Å². The predicted molar refractivity (Wildman–Crippen MR) is 101 cm³/mol. The van der Waals surface area contributed by atoms with E-state index < -0.39 is 21.2 Å². The highest BCUT2D eigenvalue weighted by molar-refractivity contribution is 7.88. The van der Waals surface area contributed by atoms with Gasteiger partial charge in [0, 0.05) is 18.6 Å². The van der Waals surface area contributed by atoms with Gasteiger partial charge in [0.05, 0.1) is 18.4 Å². The minimum Gasteiger partial charge on any atom is -0.388 e. The second kappa shape index (κ2) is 10.2. The molecule has 0 aliphatic carbocycles. The van der Waals surface area contributed by atoms with Crippen LogP contribution in [-0.4, -0.2) is 56.5 Å². The third kappa shape index (κ3) is 10.8. The van der Waals surface area contributed by atoms with Gasteiger partial charge >= 0.3 is 0 Å². The number of aliphatic hydroxyl groups is 1. The monoisotopic (exact) mass is 364 g/mol. The first kappa shape index (κ1) is 23.1. The van der Waals surface area contributed by atoms with Crippen LogP contribution in [0.25, 0.3) is 0 Å². The van der Waals surface area contributed by atoms with Crippen molar-refractivity contribution in [3.8, 4) is 0 Å². The van der Waals surface area contributed by atoms with Gasteiger partial charge in [-0.25, -0.2) is 13.1 Å². The molecule has 0 atom stereocenters. The molecular weight excluding hydrogens is 328 g/mol. The van der Waals surface area contributed by atoms with Crippen molar-refractivity contribution in [3.63, 3.8) is 0 Å². The molecule has 0 heterocycles. The number of hydrogen-bond acceptors (Lipinski definition) is 4. The largest absolute Gasteiger partial charge is 0.388 e. The number of nitrogens with zero attached hydrogens (tertiary/aromatic N) is 1. The molecule has 4 N–H and O–H groups in total. The average molecular weight is 365 g/mol. The molecule has 0 aliphatic heterocycles. The Morgan fingerprint density at radius 1 is 1.08 bits per heavy atom. The zero-order chi connectivity index (χ0) is 18.9. The first-order chi connectivity index (χ1) is 11.0. The number of rotatable bonds is 11. The lowest BCUT2D eigenvalue weighted by atomic mass is 9.93. The Labute approximate surface area is 147 Å². The lowest BCUT2D eigenvalue weighted by Gasteiger charge is -2.29. The molecule has 0 radical (unpaired) electrons. The average Bonchev–Trinajstić information content (AvgIpc) is 2.40. The van der Waals surface area contributed by atoms with E-state index in [0.29, 0.717) is 19.0 Å². The van der Waals surface area contributed by atoms with E-state index in [1.54, 1.807) is 13.8 Å². The zero-order valence-electron chi connectivity index (χ0n) is 16.1. The Morgan fingerprint density at radius 2 is 1.62 bits per heavy atom. The number of hydrogen-bond donors (Lipinski definition) is 4. The molecule has 0 amide bonds. The minimum atomic E-state index is -3.29. The topological polar surface area (TPSA) is 103 Å². The summed E-state index contributed by atoms with van der Waals surface area (Å²) in [6, 6.07) is 0. The summed E-state index contributed by atoms with van der Waals surface area (Å²) in [5, 5.41) is 17.0. The zero-order valence-corrected chi connectivity index (χ0v) is 16.9. The van der Waals surface area contributed by atoms with E-state index in [0.717, 1.165) is 31.9 Å². The normalized spacial score (nSPS) is 13.9. The quantitative estimate of drug-likeness (QED) is 0.326. The second-order valence-corrected chi connectivity index (χ2v) is 8.78. The van der Waals surface area contributed by atoms with E-state index in [2.05, 4.69) is 34.2 Å². The molecule has 24 heavy (non-hydrogen) atoms. The molecule has 8 heteroatoms. The van der Waals surface area contributed by atoms with Gasteiger partial charge in [0.1, 0.15) is 0 Å². The molecule has 0 aliphatic rings. The van der Waals surface area contributed by atoms with Crippen molar-refractivity contribution in [1.29, 1.82) is 0 Å². The fraction of sp³-hybridized carbons (Fsp3) is 0.938. The first-order valence-corrected chi connectivity index (χ1v) is 10.6. The molecule has 0 aromatic rings. The molecule has 0 saturated heterocycles. The SMILES string of the molecule is CCCC(O)(CCC)CNC(=NCC(C)(C)NS(C)(=O)=O)NCC. The molecule has 0 aromatic carbocycles. The van der Waals surface area contributed by atoms with Crippen LogP contribution in [0.3, 0.4) is 0 Å². The fourth-order valence-corrected chi connectivity index (χ4v) is 3.70.